The molecule has 0 unspecified atom stereocenters. The molecule has 2 saturated heterocycles. The van der Waals surface area contributed by atoms with E-state index in [1.807, 2.05) is 12.1 Å². The molecule has 0 saturated carbocycles. The molecular formula is C19H24ClN5O2. The minimum Gasteiger partial charge on any atom is -0.378 e. The van der Waals surface area contributed by atoms with E-state index in [2.05, 4.69) is 37.6 Å². The van der Waals surface area contributed by atoms with Gasteiger partial charge >= 0.3 is 0 Å². The fourth-order valence-corrected chi connectivity index (χ4v) is 3.43. The Balaban J connectivity index is 1.38. The Morgan fingerprint density at radius 1 is 1.15 bits per heavy atom. The highest BCUT2D eigenvalue weighted by molar-refractivity contribution is 6.32. The van der Waals surface area contributed by atoms with E-state index in [0.29, 0.717) is 23.3 Å². The molecule has 2 fully saturated rings. The molecule has 0 bridgehead atoms. The summed E-state index contributed by atoms with van der Waals surface area (Å²) in [4.78, 5) is 11.1. The molecule has 0 amide bonds. The van der Waals surface area contributed by atoms with Gasteiger partial charge in [0.2, 0.25) is 5.95 Å². The van der Waals surface area contributed by atoms with Crippen LogP contribution in [0, 0.1) is 0 Å². The van der Waals surface area contributed by atoms with Crippen LogP contribution in [0.5, 0.6) is 0 Å². The maximum atomic E-state index is 6.22. The number of aromatic nitrogens is 2. The van der Waals surface area contributed by atoms with Crippen molar-refractivity contribution in [1.29, 1.82) is 0 Å². The maximum Gasteiger partial charge on any atom is 0.229 e. The molecule has 4 rings (SSSR count). The lowest BCUT2D eigenvalue weighted by Crippen LogP contribution is -2.36. The highest BCUT2D eigenvalue weighted by atomic mass is 35.5. The van der Waals surface area contributed by atoms with Gasteiger partial charge in [-0.05, 0) is 37.1 Å². The van der Waals surface area contributed by atoms with Gasteiger partial charge in [0.15, 0.2) is 5.82 Å². The van der Waals surface area contributed by atoms with Gasteiger partial charge in [0.05, 0.1) is 25.5 Å². The first kappa shape index (κ1) is 18.3. The lowest BCUT2D eigenvalue weighted by Gasteiger charge is -2.28. The van der Waals surface area contributed by atoms with Gasteiger partial charge in [-0.25, -0.2) is 4.98 Å². The monoisotopic (exact) mass is 389 g/mol. The van der Waals surface area contributed by atoms with E-state index < -0.39 is 0 Å². The van der Waals surface area contributed by atoms with Crippen LogP contribution in [0.4, 0.5) is 23.1 Å². The number of halogens is 1. The minimum atomic E-state index is 0.222. The van der Waals surface area contributed by atoms with Crippen molar-refractivity contribution in [3.05, 3.63) is 35.5 Å². The molecule has 0 aliphatic carbocycles. The predicted molar refractivity (Wildman–Crippen MR) is 107 cm³/mol. The van der Waals surface area contributed by atoms with E-state index in [1.54, 1.807) is 6.20 Å². The molecule has 7 nitrogen and oxygen atoms in total. The van der Waals surface area contributed by atoms with Gasteiger partial charge in [-0.1, -0.05) is 11.6 Å². The summed E-state index contributed by atoms with van der Waals surface area (Å²) in [5.74, 6) is 1.13. The summed E-state index contributed by atoms with van der Waals surface area (Å²) in [6, 6.07) is 8.25. The summed E-state index contributed by atoms with van der Waals surface area (Å²) in [5, 5.41) is 7.00. The third-order valence-electron chi connectivity index (χ3n) is 4.76. The van der Waals surface area contributed by atoms with Crippen LogP contribution in [0.2, 0.25) is 5.02 Å². The number of rotatable bonds is 6. The summed E-state index contributed by atoms with van der Waals surface area (Å²) in [6.07, 6.45) is 4.00. The van der Waals surface area contributed by atoms with Crippen LogP contribution in [-0.2, 0) is 9.47 Å². The van der Waals surface area contributed by atoms with E-state index in [4.69, 9.17) is 21.1 Å². The molecule has 8 heteroatoms. The van der Waals surface area contributed by atoms with Gasteiger partial charge in [-0.2, -0.15) is 4.98 Å². The molecule has 0 radical (unpaired) electrons. The lowest BCUT2D eigenvalue weighted by molar-refractivity contribution is 0.120. The van der Waals surface area contributed by atoms with Crippen LogP contribution in [0.1, 0.15) is 12.8 Å². The normalized spacial score (nSPS) is 19.9. The minimum absolute atomic E-state index is 0.222. The molecule has 1 aromatic carbocycles. The highest BCUT2D eigenvalue weighted by Crippen LogP contribution is 2.24. The van der Waals surface area contributed by atoms with E-state index in [9.17, 15) is 0 Å². The van der Waals surface area contributed by atoms with Crippen molar-refractivity contribution in [3.8, 4) is 0 Å². The van der Waals surface area contributed by atoms with Gasteiger partial charge in [0, 0.05) is 37.6 Å². The Hall–Kier alpha value is -2.09. The van der Waals surface area contributed by atoms with Crippen LogP contribution < -0.4 is 15.5 Å². The third-order valence-corrected chi connectivity index (χ3v) is 5.04. The second kappa shape index (κ2) is 8.73. The standard InChI is InChI=1S/C19H24ClN5O2/c20-17-13-22-19(24-18(17)21-12-16-2-1-9-27-16)23-14-3-5-15(6-4-14)25-7-10-26-11-8-25/h3-6,13,16H,1-2,7-12H2,(H2,21,22,23,24)/t16-/m0/s1. The molecule has 1 atom stereocenters. The smallest absolute Gasteiger partial charge is 0.229 e. The molecule has 0 spiro atoms. The van der Waals surface area contributed by atoms with Gasteiger partial charge in [-0.15, -0.1) is 0 Å². The molecular weight excluding hydrogens is 366 g/mol. The Bertz CT molecular complexity index is 746. The molecule has 2 N–H and O–H groups in total. The highest BCUT2D eigenvalue weighted by Gasteiger charge is 2.16. The Labute approximate surface area is 164 Å². The van der Waals surface area contributed by atoms with Gasteiger partial charge < -0.3 is 25.0 Å². The van der Waals surface area contributed by atoms with Crippen molar-refractivity contribution in [2.45, 2.75) is 18.9 Å². The Kier molecular flexibility index (Phi) is 5.91. The summed E-state index contributed by atoms with van der Waals surface area (Å²) in [5.41, 5.74) is 2.12. The molecule has 144 valence electrons. The Morgan fingerprint density at radius 3 is 2.70 bits per heavy atom. The molecule has 2 aliphatic heterocycles. The quantitative estimate of drug-likeness (QED) is 0.785. The van der Waals surface area contributed by atoms with Crippen molar-refractivity contribution in [1.82, 2.24) is 9.97 Å². The Morgan fingerprint density at radius 2 is 1.96 bits per heavy atom. The summed E-state index contributed by atoms with van der Waals surface area (Å²) >= 11 is 6.22. The molecule has 3 heterocycles. The number of hydrogen-bond acceptors (Lipinski definition) is 7. The SMILES string of the molecule is Clc1cnc(Nc2ccc(N3CCOCC3)cc2)nc1NC[C@@H]1CCCO1. The van der Waals surface area contributed by atoms with Crippen LogP contribution in [-0.4, -0.2) is 55.5 Å². The zero-order valence-corrected chi connectivity index (χ0v) is 15.9. The maximum absolute atomic E-state index is 6.22. The zero-order chi connectivity index (χ0) is 18.5. The van der Waals surface area contributed by atoms with Crippen LogP contribution >= 0.6 is 11.6 Å². The molecule has 2 aromatic rings. The van der Waals surface area contributed by atoms with Gasteiger partial charge in [0.1, 0.15) is 5.02 Å². The molecule has 2 aliphatic rings. The second-order valence-electron chi connectivity index (χ2n) is 6.68. The second-order valence-corrected chi connectivity index (χ2v) is 7.08. The number of ether oxygens (including phenoxy) is 2. The summed E-state index contributed by atoms with van der Waals surface area (Å²) in [6.45, 7) is 4.93. The zero-order valence-electron chi connectivity index (χ0n) is 15.2. The molecule has 1 aromatic heterocycles. The van der Waals surface area contributed by atoms with Crippen LogP contribution in [0.15, 0.2) is 30.5 Å². The molecule has 27 heavy (non-hydrogen) atoms. The van der Waals surface area contributed by atoms with E-state index in [0.717, 1.165) is 51.4 Å². The number of nitrogens with one attached hydrogen (secondary N) is 2. The predicted octanol–water partition coefficient (Wildman–Crippen LogP) is 3.30. The third kappa shape index (κ3) is 4.80. The summed E-state index contributed by atoms with van der Waals surface area (Å²) in [7, 11) is 0. The van der Waals surface area contributed by atoms with Crippen molar-refractivity contribution >= 4 is 34.7 Å². The average molecular weight is 390 g/mol. The largest absolute Gasteiger partial charge is 0.378 e. The topological polar surface area (TPSA) is 71.5 Å². The number of nitrogens with zero attached hydrogens (tertiary/aromatic N) is 3. The van der Waals surface area contributed by atoms with Crippen LogP contribution in [0.3, 0.4) is 0 Å². The number of morpholine rings is 1. The van der Waals surface area contributed by atoms with Crippen molar-refractivity contribution in [3.63, 3.8) is 0 Å². The van der Waals surface area contributed by atoms with Gasteiger partial charge in [0.25, 0.3) is 0 Å². The fraction of sp³-hybridized carbons (Fsp3) is 0.474. The van der Waals surface area contributed by atoms with Crippen molar-refractivity contribution in [2.24, 2.45) is 0 Å². The first-order valence-corrected chi connectivity index (χ1v) is 9.73. The average Bonchev–Trinajstić information content (AvgIpc) is 3.23. The van der Waals surface area contributed by atoms with E-state index in [1.165, 1.54) is 5.69 Å². The van der Waals surface area contributed by atoms with E-state index in [-0.39, 0.29) is 6.10 Å². The first-order valence-electron chi connectivity index (χ1n) is 9.36. The van der Waals surface area contributed by atoms with Crippen molar-refractivity contribution < 1.29 is 9.47 Å². The van der Waals surface area contributed by atoms with Crippen molar-refractivity contribution in [2.75, 3.05) is 55.0 Å². The van der Waals surface area contributed by atoms with E-state index >= 15 is 0 Å². The summed E-state index contributed by atoms with van der Waals surface area (Å²) < 4.78 is 11.0. The lowest BCUT2D eigenvalue weighted by atomic mass is 10.2. The first-order chi connectivity index (χ1) is 13.3. The number of anilines is 4. The van der Waals surface area contributed by atoms with Gasteiger partial charge in [-0.3, -0.25) is 0 Å². The fourth-order valence-electron chi connectivity index (χ4n) is 3.27. The number of benzene rings is 1. The number of hydrogen-bond donors (Lipinski definition) is 2. The van der Waals surface area contributed by atoms with Crippen LogP contribution in [0.25, 0.3) is 0 Å².